The third-order valence-corrected chi connectivity index (χ3v) is 2.39. The number of amides is 1. The number of rotatable bonds is 6. The van der Waals surface area contributed by atoms with E-state index in [2.05, 4.69) is 33.0 Å². The van der Waals surface area contributed by atoms with Gasteiger partial charge in [0.05, 0.1) is 6.54 Å². The Kier molecular flexibility index (Phi) is 5.71. The smallest absolute Gasteiger partial charge is 0.231 e. The summed E-state index contributed by atoms with van der Waals surface area (Å²) in [5.74, 6) is 1.60. The molecule has 0 aromatic carbocycles. The summed E-state index contributed by atoms with van der Waals surface area (Å²) in [6, 6.07) is 0. The molecule has 3 heteroatoms. The molecule has 0 radical (unpaired) electrons. The van der Waals surface area contributed by atoms with Gasteiger partial charge in [-0.2, -0.15) is 0 Å². The SMILES string of the molecule is CC(C)C(CNCC(N)=O)C(C)C. The molecule has 0 fully saturated rings. The van der Waals surface area contributed by atoms with Crippen LogP contribution in [0, 0.1) is 17.8 Å². The highest BCUT2D eigenvalue weighted by Gasteiger charge is 2.16. The minimum Gasteiger partial charge on any atom is -0.369 e. The summed E-state index contributed by atoms with van der Waals surface area (Å²) in [5.41, 5.74) is 5.03. The lowest BCUT2D eigenvalue weighted by molar-refractivity contribution is -0.117. The number of carbonyl (C=O) groups is 1. The minimum absolute atomic E-state index is 0.286. The Hall–Kier alpha value is -0.570. The molecule has 3 nitrogen and oxygen atoms in total. The van der Waals surface area contributed by atoms with Crippen molar-refractivity contribution in [3.05, 3.63) is 0 Å². The second kappa shape index (κ2) is 5.97. The van der Waals surface area contributed by atoms with Crippen molar-refractivity contribution in [1.29, 1.82) is 0 Å². The molecular weight excluding hydrogens is 164 g/mol. The summed E-state index contributed by atoms with van der Waals surface area (Å²) in [5, 5.41) is 3.07. The molecule has 0 saturated carbocycles. The van der Waals surface area contributed by atoms with Crippen LogP contribution in [0.25, 0.3) is 0 Å². The molecule has 0 spiro atoms. The number of nitrogens with two attached hydrogens (primary N) is 1. The molecule has 0 aliphatic carbocycles. The van der Waals surface area contributed by atoms with E-state index in [4.69, 9.17) is 5.73 Å². The van der Waals surface area contributed by atoms with E-state index in [1.807, 2.05) is 0 Å². The largest absolute Gasteiger partial charge is 0.369 e. The van der Waals surface area contributed by atoms with Gasteiger partial charge < -0.3 is 11.1 Å². The van der Waals surface area contributed by atoms with Gasteiger partial charge in [0.15, 0.2) is 0 Å². The molecule has 0 saturated heterocycles. The Morgan fingerprint density at radius 2 is 1.69 bits per heavy atom. The first-order chi connectivity index (χ1) is 5.95. The Bertz CT molecular complexity index is 147. The third kappa shape index (κ3) is 5.64. The molecule has 13 heavy (non-hydrogen) atoms. The lowest BCUT2D eigenvalue weighted by Gasteiger charge is -2.24. The fourth-order valence-electron chi connectivity index (χ4n) is 1.60. The van der Waals surface area contributed by atoms with Crippen molar-refractivity contribution in [2.24, 2.45) is 23.5 Å². The van der Waals surface area contributed by atoms with E-state index in [0.29, 0.717) is 17.8 Å². The summed E-state index contributed by atoms with van der Waals surface area (Å²) >= 11 is 0. The molecule has 0 heterocycles. The molecule has 0 bridgehead atoms. The molecule has 0 rings (SSSR count). The van der Waals surface area contributed by atoms with Gasteiger partial charge in [0.1, 0.15) is 0 Å². The highest BCUT2D eigenvalue weighted by atomic mass is 16.1. The maximum atomic E-state index is 10.5. The predicted octanol–water partition coefficient (Wildman–Crippen LogP) is 0.989. The van der Waals surface area contributed by atoms with Crippen LogP contribution in [0.5, 0.6) is 0 Å². The highest BCUT2D eigenvalue weighted by Crippen LogP contribution is 2.19. The normalized spacial score (nSPS) is 11.6. The van der Waals surface area contributed by atoms with Gasteiger partial charge in [-0.05, 0) is 24.3 Å². The standard InChI is InChI=1S/C10H22N2O/c1-7(2)9(8(3)4)5-12-6-10(11)13/h7-9,12H,5-6H2,1-4H3,(H2,11,13). The molecule has 0 aliphatic heterocycles. The molecule has 0 unspecified atom stereocenters. The van der Waals surface area contributed by atoms with Crippen LogP contribution in [0.2, 0.25) is 0 Å². The van der Waals surface area contributed by atoms with E-state index in [1.165, 1.54) is 0 Å². The zero-order valence-corrected chi connectivity index (χ0v) is 9.13. The second-order valence-electron chi connectivity index (χ2n) is 4.25. The van der Waals surface area contributed by atoms with E-state index >= 15 is 0 Å². The monoisotopic (exact) mass is 186 g/mol. The summed E-state index contributed by atoms with van der Waals surface area (Å²) in [7, 11) is 0. The maximum Gasteiger partial charge on any atom is 0.231 e. The Morgan fingerprint density at radius 1 is 1.23 bits per heavy atom. The van der Waals surface area contributed by atoms with Crippen molar-refractivity contribution in [3.63, 3.8) is 0 Å². The van der Waals surface area contributed by atoms with Crippen molar-refractivity contribution in [3.8, 4) is 0 Å². The zero-order chi connectivity index (χ0) is 10.4. The predicted molar refractivity (Wildman–Crippen MR) is 55.2 cm³/mol. The summed E-state index contributed by atoms with van der Waals surface area (Å²) in [4.78, 5) is 10.5. The van der Waals surface area contributed by atoms with E-state index in [9.17, 15) is 4.79 Å². The van der Waals surface area contributed by atoms with Crippen molar-refractivity contribution >= 4 is 5.91 Å². The molecule has 78 valence electrons. The zero-order valence-electron chi connectivity index (χ0n) is 9.13. The second-order valence-corrected chi connectivity index (χ2v) is 4.25. The number of primary amides is 1. The van der Waals surface area contributed by atoms with Gasteiger partial charge in [-0.15, -0.1) is 0 Å². The van der Waals surface area contributed by atoms with Gasteiger partial charge in [-0.1, -0.05) is 27.7 Å². The van der Waals surface area contributed by atoms with Crippen LogP contribution in [0.3, 0.4) is 0 Å². The number of hydrogen-bond donors (Lipinski definition) is 2. The number of hydrogen-bond acceptors (Lipinski definition) is 2. The van der Waals surface area contributed by atoms with Crippen molar-refractivity contribution in [1.82, 2.24) is 5.32 Å². The number of carbonyl (C=O) groups excluding carboxylic acids is 1. The molecule has 0 aromatic heterocycles. The lowest BCUT2D eigenvalue weighted by atomic mass is 9.85. The van der Waals surface area contributed by atoms with Crippen molar-refractivity contribution < 1.29 is 4.79 Å². The van der Waals surface area contributed by atoms with E-state index in [-0.39, 0.29) is 12.5 Å². The topological polar surface area (TPSA) is 55.1 Å². The first-order valence-corrected chi connectivity index (χ1v) is 4.94. The fraction of sp³-hybridized carbons (Fsp3) is 0.900. The van der Waals surface area contributed by atoms with E-state index in [0.717, 1.165) is 6.54 Å². The third-order valence-electron chi connectivity index (χ3n) is 2.39. The average molecular weight is 186 g/mol. The first-order valence-electron chi connectivity index (χ1n) is 4.94. The fourth-order valence-corrected chi connectivity index (χ4v) is 1.60. The van der Waals surface area contributed by atoms with Crippen LogP contribution in [0.1, 0.15) is 27.7 Å². The van der Waals surface area contributed by atoms with Crippen LogP contribution in [0.15, 0.2) is 0 Å². The quantitative estimate of drug-likeness (QED) is 0.650. The van der Waals surface area contributed by atoms with Gasteiger partial charge in [-0.25, -0.2) is 0 Å². The van der Waals surface area contributed by atoms with Gasteiger partial charge in [0, 0.05) is 0 Å². The van der Waals surface area contributed by atoms with Gasteiger partial charge in [0.2, 0.25) is 5.91 Å². The van der Waals surface area contributed by atoms with Gasteiger partial charge in [0.25, 0.3) is 0 Å². The molecule has 3 N–H and O–H groups in total. The lowest BCUT2D eigenvalue weighted by Crippen LogP contribution is -2.35. The molecular formula is C10H22N2O. The highest BCUT2D eigenvalue weighted by molar-refractivity contribution is 5.75. The Morgan fingerprint density at radius 3 is 2.00 bits per heavy atom. The van der Waals surface area contributed by atoms with Crippen LogP contribution < -0.4 is 11.1 Å². The van der Waals surface area contributed by atoms with E-state index < -0.39 is 0 Å². The Balaban J connectivity index is 3.77. The minimum atomic E-state index is -0.286. The summed E-state index contributed by atoms with van der Waals surface area (Å²) in [6.45, 7) is 9.98. The van der Waals surface area contributed by atoms with Crippen molar-refractivity contribution in [2.45, 2.75) is 27.7 Å². The maximum absolute atomic E-state index is 10.5. The molecule has 0 aromatic rings. The first kappa shape index (κ1) is 12.4. The van der Waals surface area contributed by atoms with Crippen LogP contribution >= 0.6 is 0 Å². The van der Waals surface area contributed by atoms with E-state index in [1.54, 1.807) is 0 Å². The molecule has 0 aliphatic rings. The van der Waals surface area contributed by atoms with Crippen LogP contribution in [-0.4, -0.2) is 19.0 Å². The molecule has 1 amide bonds. The molecule has 0 atom stereocenters. The summed E-state index contributed by atoms with van der Waals surface area (Å²) < 4.78 is 0. The van der Waals surface area contributed by atoms with Crippen molar-refractivity contribution in [2.75, 3.05) is 13.1 Å². The van der Waals surface area contributed by atoms with Crippen LogP contribution in [0.4, 0.5) is 0 Å². The Labute approximate surface area is 81.1 Å². The number of nitrogens with one attached hydrogen (secondary N) is 1. The summed E-state index contributed by atoms with van der Waals surface area (Å²) in [6.07, 6.45) is 0. The van der Waals surface area contributed by atoms with Gasteiger partial charge >= 0.3 is 0 Å². The average Bonchev–Trinajstić information content (AvgIpc) is 1.95. The van der Waals surface area contributed by atoms with Crippen LogP contribution in [-0.2, 0) is 4.79 Å². The van der Waals surface area contributed by atoms with Gasteiger partial charge in [-0.3, -0.25) is 4.79 Å².